The van der Waals surface area contributed by atoms with Gasteiger partial charge in [0.2, 0.25) is 5.91 Å². The quantitative estimate of drug-likeness (QED) is 0.630. The fourth-order valence-corrected chi connectivity index (χ4v) is 4.52. The number of hydrogen-bond acceptors (Lipinski definition) is 3. The monoisotopic (exact) mass is 412 g/mol. The number of pyridine rings is 1. The summed E-state index contributed by atoms with van der Waals surface area (Å²) in [6.07, 6.45) is 4.62. The van der Waals surface area contributed by atoms with Gasteiger partial charge < -0.3 is 5.32 Å². The van der Waals surface area contributed by atoms with Gasteiger partial charge in [-0.2, -0.15) is 0 Å². The van der Waals surface area contributed by atoms with E-state index in [-0.39, 0.29) is 17.8 Å². The number of carbonyl (C=O) groups is 1. The second kappa shape index (κ2) is 8.34. The predicted octanol–water partition coefficient (Wildman–Crippen LogP) is 4.83. The maximum atomic E-state index is 12.9. The van der Waals surface area contributed by atoms with Gasteiger partial charge in [-0.05, 0) is 59.2 Å². The zero-order chi connectivity index (χ0) is 22.0. The summed E-state index contributed by atoms with van der Waals surface area (Å²) in [5.41, 5.74) is 4.82. The van der Waals surface area contributed by atoms with Crippen LogP contribution in [0.5, 0.6) is 0 Å². The van der Waals surface area contributed by atoms with Gasteiger partial charge in [-0.3, -0.25) is 20.1 Å². The first-order chi connectivity index (χ1) is 14.9. The number of nitrogens with zero attached hydrogens (tertiary/aromatic N) is 2. The number of hydrogen-bond donors (Lipinski definition) is 2. The fourth-order valence-electron chi connectivity index (χ4n) is 4.52. The SMILES string of the molecule is Cc1ccc(-c2cccnc2)cc1C1(CC(C)c2ccccc2)CC(=O)N(C)C(=N)N1. The molecule has 4 rings (SSSR count). The predicted molar refractivity (Wildman–Crippen MR) is 124 cm³/mol. The second-order valence-electron chi connectivity index (χ2n) is 8.47. The third-order valence-corrected chi connectivity index (χ3v) is 6.29. The van der Waals surface area contributed by atoms with Crippen molar-refractivity contribution in [2.75, 3.05) is 7.05 Å². The van der Waals surface area contributed by atoms with Crippen LogP contribution in [0.2, 0.25) is 0 Å². The Labute approximate surface area is 183 Å². The average Bonchev–Trinajstić information content (AvgIpc) is 2.79. The van der Waals surface area contributed by atoms with Gasteiger partial charge in [-0.15, -0.1) is 0 Å². The van der Waals surface area contributed by atoms with Crippen LogP contribution in [0.1, 0.15) is 42.4 Å². The molecule has 0 aliphatic carbocycles. The minimum atomic E-state index is -0.655. The van der Waals surface area contributed by atoms with E-state index in [0.717, 1.165) is 22.3 Å². The van der Waals surface area contributed by atoms with Crippen LogP contribution in [0, 0.1) is 12.3 Å². The Balaban J connectivity index is 1.81. The van der Waals surface area contributed by atoms with E-state index in [4.69, 9.17) is 5.41 Å². The van der Waals surface area contributed by atoms with Crippen molar-refractivity contribution in [2.45, 2.75) is 38.1 Å². The normalized spacial score (nSPS) is 19.8. The smallest absolute Gasteiger partial charge is 0.231 e. The molecule has 158 valence electrons. The Morgan fingerprint density at radius 2 is 1.90 bits per heavy atom. The molecule has 1 aromatic heterocycles. The van der Waals surface area contributed by atoms with Crippen molar-refractivity contribution < 1.29 is 4.79 Å². The van der Waals surface area contributed by atoms with Crippen LogP contribution < -0.4 is 5.32 Å². The summed E-state index contributed by atoms with van der Waals surface area (Å²) in [7, 11) is 1.65. The van der Waals surface area contributed by atoms with E-state index in [1.807, 2.05) is 36.5 Å². The molecular formula is C26H28N4O. The van der Waals surface area contributed by atoms with Gasteiger partial charge >= 0.3 is 0 Å². The molecule has 5 heteroatoms. The molecule has 2 unspecified atom stereocenters. The molecule has 0 saturated carbocycles. The number of guanidine groups is 1. The van der Waals surface area contributed by atoms with Crippen LogP contribution in [0.25, 0.3) is 11.1 Å². The lowest BCUT2D eigenvalue weighted by Gasteiger charge is -2.44. The Hall–Kier alpha value is -3.47. The van der Waals surface area contributed by atoms with E-state index in [9.17, 15) is 4.79 Å². The van der Waals surface area contributed by atoms with Crippen molar-refractivity contribution in [1.82, 2.24) is 15.2 Å². The van der Waals surface area contributed by atoms with Gasteiger partial charge in [0.15, 0.2) is 5.96 Å². The highest BCUT2D eigenvalue weighted by molar-refractivity contribution is 5.99. The maximum Gasteiger partial charge on any atom is 0.231 e. The molecule has 5 nitrogen and oxygen atoms in total. The Kier molecular flexibility index (Phi) is 5.59. The summed E-state index contributed by atoms with van der Waals surface area (Å²) in [5, 5.41) is 11.9. The first-order valence-electron chi connectivity index (χ1n) is 10.6. The van der Waals surface area contributed by atoms with E-state index < -0.39 is 5.54 Å². The van der Waals surface area contributed by atoms with Crippen LogP contribution in [0.15, 0.2) is 73.1 Å². The van der Waals surface area contributed by atoms with Crippen LogP contribution in [0.3, 0.4) is 0 Å². The van der Waals surface area contributed by atoms with Crippen LogP contribution >= 0.6 is 0 Å². The molecule has 2 aromatic carbocycles. The standard InChI is InChI=1S/C26H28N4O/c1-18-11-12-21(22-10-7-13-28-17-22)14-23(18)26(16-24(31)30(3)25(27)29-26)15-19(2)20-8-5-4-6-9-20/h4-14,17,19H,15-16H2,1-3H3,(H2,27,29). The van der Waals surface area contributed by atoms with Gasteiger partial charge in [0.25, 0.3) is 0 Å². The third kappa shape index (κ3) is 4.08. The minimum absolute atomic E-state index is 0.0461. The summed E-state index contributed by atoms with van der Waals surface area (Å²) in [6, 6.07) is 20.7. The Bertz CT molecular complexity index is 1080. The fraction of sp³-hybridized carbons (Fsp3) is 0.269. The number of nitrogens with one attached hydrogen (secondary N) is 2. The summed E-state index contributed by atoms with van der Waals surface area (Å²) >= 11 is 0. The van der Waals surface area contributed by atoms with Crippen LogP contribution in [-0.4, -0.2) is 28.8 Å². The van der Waals surface area contributed by atoms with Crippen molar-refractivity contribution in [1.29, 1.82) is 5.41 Å². The molecule has 2 N–H and O–H groups in total. The van der Waals surface area contributed by atoms with E-state index >= 15 is 0 Å². The Morgan fingerprint density at radius 1 is 1.13 bits per heavy atom. The van der Waals surface area contributed by atoms with Gasteiger partial charge in [0.1, 0.15) is 0 Å². The van der Waals surface area contributed by atoms with Gasteiger partial charge in [-0.25, -0.2) is 0 Å². The zero-order valence-corrected chi connectivity index (χ0v) is 18.2. The van der Waals surface area contributed by atoms with E-state index in [1.165, 1.54) is 10.5 Å². The highest BCUT2D eigenvalue weighted by Crippen LogP contribution is 2.41. The van der Waals surface area contributed by atoms with Crippen molar-refractivity contribution in [2.24, 2.45) is 0 Å². The van der Waals surface area contributed by atoms with Gasteiger partial charge in [-0.1, -0.05) is 55.5 Å². The van der Waals surface area contributed by atoms with Crippen LogP contribution in [0.4, 0.5) is 0 Å². The molecular weight excluding hydrogens is 384 g/mol. The summed E-state index contributed by atoms with van der Waals surface area (Å²) in [5.74, 6) is 0.303. The number of carbonyl (C=O) groups excluding carboxylic acids is 1. The molecule has 0 spiro atoms. The minimum Gasteiger partial charge on any atom is -0.346 e. The second-order valence-corrected chi connectivity index (χ2v) is 8.47. The largest absolute Gasteiger partial charge is 0.346 e. The average molecular weight is 413 g/mol. The number of rotatable bonds is 5. The van der Waals surface area contributed by atoms with E-state index in [0.29, 0.717) is 12.8 Å². The molecule has 31 heavy (non-hydrogen) atoms. The van der Waals surface area contributed by atoms with Crippen molar-refractivity contribution in [3.05, 3.63) is 89.7 Å². The summed E-state index contributed by atoms with van der Waals surface area (Å²) in [6.45, 7) is 4.26. The molecule has 3 aromatic rings. The molecule has 2 atom stereocenters. The van der Waals surface area contributed by atoms with Crippen molar-refractivity contribution >= 4 is 11.9 Å². The lowest BCUT2D eigenvalue weighted by Crippen LogP contribution is -2.60. The molecule has 1 amide bonds. The first-order valence-corrected chi connectivity index (χ1v) is 10.6. The molecule has 1 aliphatic heterocycles. The van der Waals surface area contributed by atoms with Crippen LogP contribution in [-0.2, 0) is 10.3 Å². The molecule has 1 aliphatic rings. The zero-order valence-electron chi connectivity index (χ0n) is 18.2. The lowest BCUT2D eigenvalue weighted by atomic mass is 9.74. The molecule has 1 saturated heterocycles. The lowest BCUT2D eigenvalue weighted by molar-refractivity contribution is -0.129. The van der Waals surface area contributed by atoms with Gasteiger partial charge in [0, 0.05) is 19.4 Å². The Morgan fingerprint density at radius 3 is 2.58 bits per heavy atom. The van der Waals surface area contributed by atoms with Gasteiger partial charge in [0.05, 0.1) is 12.0 Å². The molecule has 2 heterocycles. The number of aryl methyl sites for hydroxylation is 1. The van der Waals surface area contributed by atoms with Crippen molar-refractivity contribution in [3.8, 4) is 11.1 Å². The number of aromatic nitrogens is 1. The third-order valence-electron chi connectivity index (χ3n) is 6.29. The summed E-state index contributed by atoms with van der Waals surface area (Å²) < 4.78 is 0. The number of amides is 1. The van der Waals surface area contributed by atoms with E-state index in [1.54, 1.807) is 13.2 Å². The molecule has 0 bridgehead atoms. The van der Waals surface area contributed by atoms with E-state index in [2.05, 4.69) is 54.5 Å². The molecule has 0 radical (unpaired) electrons. The topological polar surface area (TPSA) is 69.1 Å². The first kappa shape index (κ1) is 20.8. The summed E-state index contributed by atoms with van der Waals surface area (Å²) in [4.78, 5) is 18.6. The highest BCUT2D eigenvalue weighted by atomic mass is 16.2. The maximum absolute atomic E-state index is 12.9. The highest BCUT2D eigenvalue weighted by Gasteiger charge is 2.43. The van der Waals surface area contributed by atoms with Crippen molar-refractivity contribution in [3.63, 3.8) is 0 Å². The number of benzene rings is 2. The molecule has 1 fully saturated rings.